The molecule has 0 aliphatic rings. The molecule has 2 heterocycles. The minimum atomic E-state index is -0.542. The van der Waals surface area contributed by atoms with Crippen LogP contribution < -0.4 is 0 Å². The van der Waals surface area contributed by atoms with E-state index in [0.717, 1.165) is 10.6 Å². The Balaban J connectivity index is 2.28. The molecule has 0 aliphatic heterocycles. The normalized spacial score (nSPS) is 12.4. The second-order valence-electron chi connectivity index (χ2n) is 3.21. The molecule has 1 atom stereocenters. The fourth-order valence-electron chi connectivity index (χ4n) is 1.23. The van der Waals surface area contributed by atoms with Gasteiger partial charge < -0.3 is 5.11 Å². The van der Waals surface area contributed by atoms with E-state index >= 15 is 0 Å². The van der Waals surface area contributed by atoms with Gasteiger partial charge in [-0.25, -0.2) is 15.0 Å². The Morgan fingerprint density at radius 1 is 1.12 bits per heavy atom. The van der Waals surface area contributed by atoms with E-state index in [1.54, 1.807) is 37.6 Å². The summed E-state index contributed by atoms with van der Waals surface area (Å²) >= 11 is 1.35. The third kappa shape index (κ3) is 2.56. The van der Waals surface area contributed by atoms with Crippen molar-refractivity contribution in [2.45, 2.75) is 23.2 Å². The minimum absolute atomic E-state index is 0.542. The topological polar surface area (TPSA) is 58.9 Å². The molecule has 4 nitrogen and oxygen atoms in total. The number of aliphatic hydroxyl groups excluding tert-OH is 1. The summed E-state index contributed by atoms with van der Waals surface area (Å²) in [4.78, 5) is 12.4. The largest absolute Gasteiger partial charge is 0.389 e. The van der Waals surface area contributed by atoms with Crippen molar-refractivity contribution in [3.8, 4) is 0 Å². The lowest BCUT2D eigenvalue weighted by molar-refractivity contribution is 0.195. The highest BCUT2D eigenvalue weighted by atomic mass is 32.2. The molecule has 2 aromatic heterocycles. The monoisotopic (exact) mass is 233 g/mol. The molecule has 0 spiro atoms. The number of nitrogens with zero attached hydrogens (tertiary/aromatic N) is 3. The molecule has 2 aromatic rings. The SMILES string of the molecule is CC(O)c1cccnc1Sc1ncccn1. The average Bonchev–Trinajstić information content (AvgIpc) is 2.31. The van der Waals surface area contributed by atoms with Crippen molar-refractivity contribution >= 4 is 11.8 Å². The van der Waals surface area contributed by atoms with E-state index in [-0.39, 0.29) is 0 Å². The third-order valence-corrected chi connectivity index (χ3v) is 2.91. The highest BCUT2D eigenvalue weighted by Crippen LogP contribution is 2.28. The number of hydrogen-bond donors (Lipinski definition) is 1. The number of aliphatic hydroxyl groups is 1. The molecule has 0 fully saturated rings. The van der Waals surface area contributed by atoms with E-state index in [9.17, 15) is 5.11 Å². The van der Waals surface area contributed by atoms with Gasteiger partial charge in [-0.1, -0.05) is 6.07 Å². The molecular weight excluding hydrogens is 222 g/mol. The molecule has 0 aliphatic carbocycles. The van der Waals surface area contributed by atoms with Crippen LogP contribution in [0, 0.1) is 0 Å². The Bertz CT molecular complexity index is 462. The molecule has 0 radical (unpaired) electrons. The Hall–Kier alpha value is -1.46. The number of aromatic nitrogens is 3. The van der Waals surface area contributed by atoms with Crippen LogP contribution in [-0.2, 0) is 0 Å². The lowest BCUT2D eigenvalue weighted by Gasteiger charge is -2.08. The summed E-state index contributed by atoms with van der Waals surface area (Å²) in [5, 5.41) is 11.0. The van der Waals surface area contributed by atoms with Gasteiger partial charge in [0.15, 0.2) is 5.16 Å². The van der Waals surface area contributed by atoms with Gasteiger partial charge in [0.2, 0.25) is 0 Å². The van der Waals surface area contributed by atoms with Gasteiger partial charge >= 0.3 is 0 Å². The molecule has 0 aromatic carbocycles. The zero-order valence-electron chi connectivity index (χ0n) is 8.74. The summed E-state index contributed by atoms with van der Waals surface area (Å²) in [6.45, 7) is 1.72. The lowest BCUT2D eigenvalue weighted by Crippen LogP contribution is -1.96. The van der Waals surface area contributed by atoms with Gasteiger partial charge in [0.25, 0.3) is 0 Å². The fraction of sp³-hybridized carbons (Fsp3) is 0.182. The van der Waals surface area contributed by atoms with Crippen molar-refractivity contribution in [1.29, 1.82) is 0 Å². The van der Waals surface area contributed by atoms with Crippen LogP contribution in [0.5, 0.6) is 0 Å². The first kappa shape index (κ1) is 11.0. The van der Waals surface area contributed by atoms with E-state index in [4.69, 9.17) is 0 Å². The Kier molecular flexibility index (Phi) is 3.48. The molecule has 82 valence electrons. The minimum Gasteiger partial charge on any atom is -0.389 e. The summed E-state index contributed by atoms with van der Waals surface area (Å²) in [6.07, 6.45) is 4.51. The molecule has 0 bridgehead atoms. The highest BCUT2D eigenvalue weighted by Gasteiger charge is 2.10. The molecule has 0 saturated heterocycles. The number of pyridine rings is 1. The predicted molar refractivity (Wildman–Crippen MR) is 61.0 cm³/mol. The summed E-state index contributed by atoms with van der Waals surface area (Å²) in [5.74, 6) is 0. The molecule has 1 unspecified atom stereocenters. The van der Waals surface area contributed by atoms with E-state index in [0.29, 0.717) is 5.16 Å². The van der Waals surface area contributed by atoms with Crippen LogP contribution >= 0.6 is 11.8 Å². The second-order valence-corrected chi connectivity index (χ2v) is 4.16. The van der Waals surface area contributed by atoms with Crippen molar-refractivity contribution in [1.82, 2.24) is 15.0 Å². The zero-order valence-corrected chi connectivity index (χ0v) is 9.56. The average molecular weight is 233 g/mol. The van der Waals surface area contributed by atoms with Crippen molar-refractivity contribution in [2.24, 2.45) is 0 Å². The number of hydrogen-bond acceptors (Lipinski definition) is 5. The second kappa shape index (κ2) is 5.05. The van der Waals surface area contributed by atoms with Gasteiger partial charge in [0.05, 0.1) is 6.10 Å². The van der Waals surface area contributed by atoms with Gasteiger partial charge in [-0.2, -0.15) is 0 Å². The Morgan fingerprint density at radius 2 is 1.81 bits per heavy atom. The van der Waals surface area contributed by atoms with Crippen LogP contribution in [0.1, 0.15) is 18.6 Å². The molecule has 16 heavy (non-hydrogen) atoms. The van der Waals surface area contributed by atoms with Crippen molar-refractivity contribution in [2.75, 3.05) is 0 Å². The highest BCUT2D eigenvalue weighted by molar-refractivity contribution is 7.99. The van der Waals surface area contributed by atoms with Crippen LogP contribution in [0.3, 0.4) is 0 Å². The number of rotatable bonds is 3. The summed E-state index contributed by atoms with van der Waals surface area (Å²) in [5.41, 5.74) is 0.792. The van der Waals surface area contributed by atoms with Crippen LogP contribution in [-0.4, -0.2) is 20.1 Å². The van der Waals surface area contributed by atoms with E-state index < -0.39 is 6.10 Å². The van der Waals surface area contributed by atoms with E-state index in [2.05, 4.69) is 15.0 Å². The van der Waals surface area contributed by atoms with Crippen LogP contribution in [0.15, 0.2) is 47.0 Å². The first-order valence-electron chi connectivity index (χ1n) is 4.85. The molecule has 0 amide bonds. The van der Waals surface area contributed by atoms with Crippen molar-refractivity contribution < 1.29 is 5.11 Å². The summed E-state index contributed by atoms with van der Waals surface area (Å²) in [7, 11) is 0. The summed E-state index contributed by atoms with van der Waals surface area (Å²) < 4.78 is 0. The molecule has 2 rings (SSSR count). The smallest absolute Gasteiger partial charge is 0.193 e. The fourth-order valence-corrected chi connectivity index (χ4v) is 2.10. The standard InChI is InChI=1S/C11H11N3OS/c1-8(15)9-4-2-5-12-10(9)16-11-13-6-3-7-14-11/h2-8,15H,1H3. The van der Waals surface area contributed by atoms with Gasteiger partial charge in [-0.05, 0) is 30.8 Å². The molecule has 5 heteroatoms. The van der Waals surface area contributed by atoms with Crippen molar-refractivity contribution in [3.05, 3.63) is 42.4 Å². The maximum atomic E-state index is 9.59. The molecule has 0 saturated carbocycles. The van der Waals surface area contributed by atoms with Gasteiger partial charge in [-0.3, -0.25) is 0 Å². The van der Waals surface area contributed by atoms with Crippen LogP contribution in [0.4, 0.5) is 0 Å². The molecular formula is C11H11N3OS. The van der Waals surface area contributed by atoms with Crippen molar-refractivity contribution in [3.63, 3.8) is 0 Å². The zero-order chi connectivity index (χ0) is 11.4. The van der Waals surface area contributed by atoms with Crippen LogP contribution in [0.2, 0.25) is 0 Å². The Labute approximate surface area is 97.8 Å². The molecule has 1 N–H and O–H groups in total. The third-order valence-electron chi connectivity index (χ3n) is 1.98. The van der Waals surface area contributed by atoms with E-state index in [1.165, 1.54) is 11.8 Å². The summed E-state index contributed by atoms with van der Waals surface area (Å²) in [6, 6.07) is 5.42. The van der Waals surface area contributed by atoms with E-state index in [1.807, 2.05) is 6.07 Å². The van der Waals surface area contributed by atoms with Gasteiger partial charge in [0, 0.05) is 24.2 Å². The quantitative estimate of drug-likeness (QED) is 0.822. The first-order chi connectivity index (χ1) is 7.77. The predicted octanol–water partition coefficient (Wildman–Crippen LogP) is 2.08. The van der Waals surface area contributed by atoms with Gasteiger partial charge in [-0.15, -0.1) is 0 Å². The Morgan fingerprint density at radius 3 is 2.50 bits per heavy atom. The van der Waals surface area contributed by atoms with Crippen LogP contribution in [0.25, 0.3) is 0 Å². The first-order valence-corrected chi connectivity index (χ1v) is 5.67. The maximum absolute atomic E-state index is 9.59. The lowest BCUT2D eigenvalue weighted by atomic mass is 10.2. The maximum Gasteiger partial charge on any atom is 0.193 e. The van der Waals surface area contributed by atoms with Gasteiger partial charge in [0.1, 0.15) is 5.03 Å².